The minimum absolute atomic E-state index is 0.279. The number of hydrogen-bond donors (Lipinski definition) is 0. The van der Waals surface area contributed by atoms with Crippen molar-refractivity contribution in [3.63, 3.8) is 0 Å². The van der Waals surface area contributed by atoms with Crippen LogP contribution in [-0.4, -0.2) is 27.5 Å². The Morgan fingerprint density at radius 3 is 2.60 bits per heavy atom. The van der Waals surface area contributed by atoms with Crippen molar-refractivity contribution >= 4 is 22.9 Å². The third-order valence-electron chi connectivity index (χ3n) is 4.30. The lowest BCUT2D eigenvalue weighted by Crippen LogP contribution is -2.23. The molecule has 25 heavy (non-hydrogen) atoms. The van der Waals surface area contributed by atoms with Gasteiger partial charge in [-0.1, -0.05) is 12.1 Å². The summed E-state index contributed by atoms with van der Waals surface area (Å²) in [5.74, 6) is -1.59. The number of ketones is 1. The van der Waals surface area contributed by atoms with Crippen molar-refractivity contribution in [3.8, 4) is 0 Å². The molecule has 0 bridgehead atoms. The molecule has 2 aromatic heterocycles. The third kappa shape index (κ3) is 3.13. The number of Topliss-reactive ketones (excluding diaryl/α,β-unsaturated/α-hetero) is 1. The summed E-state index contributed by atoms with van der Waals surface area (Å²) in [4.78, 5) is 36.1. The van der Waals surface area contributed by atoms with Crippen LogP contribution in [0.2, 0.25) is 0 Å². The standard InChI is InChI=1S/C18H18N2O5/c1-11-8-13(12(2)19(11)3)15(21)10-24-17(22)9-20-14-6-4-5-7-16(14)25-18(20)23/h4-8H,9-10H2,1-3H3. The highest BCUT2D eigenvalue weighted by atomic mass is 16.5. The molecule has 0 saturated carbocycles. The summed E-state index contributed by atoms with van der Waals surface area (Å²) in [6.45, 7) is 3.05. The molecule has 0 atom stereocenters. The number of esters is 1. The minimum atomic E-state index is -0.674. The number of benzene rings is 1. The molecule has 2 heterocycles. The van der Waals surface area contributed by atoms with E-state index in [0.29, 0.717) is 16.7 Å². The first-order chi connectivity index (χ1) is 11.9. The van der Waals surface area contributed by atoms with E-state index in [9.17, 15) is 14.4 Å². The van der Waals surface area contributed by atoms with E-state index in [-0.39, 0.29) is 18.9 Å². The maximum atomic E-state index is 12.2. The summed E-state index contributed by atoms with van der Waals surface area (Å²) in [7, 11) is 1.86. The number of fused-ring (bicyclic) bond motifs is 1. The fourth-order valence-electron chi connectivity index (χ4n) is 2.70. The molecule has 0 N–H and O–H groups in total. The smallest absolute Gasteiger partial charge is 0.420 e. The van der Waals surface area contributed by atoms with Crippen molar-refractivity contribution in [1.29, 1.82) is 0 Å². The van der Waals surface area contributed by atoms with Crippen LogP contribution in [0, 0.1) is 13.8 Å². The molecule has 3 aromatic rings. The zero-order valence-corrected chi connectivity index (χ0v) is 14.2. The van der Waals surface area contributed by atoms with Crippen LogP contribution in [0.1, 0.15) is 21.7 Å². The molecule has 130 valence electrons. The molecule has 0 spiro atoms. The monoisotopic (exact) mass is 342 g/mol. The van der Waals surface area contributed by atoms with Crippen molar-refractivity contribution in [1.82, 2.24) is 9.13 Å². The average molecular weight is 342 g/mol. The molecular formula is C18H18N2O5. The molecule has 0 radical (unpaired) electrons. The molecule has 0 aliphatic carbocycles. The van der Waals surface area contributed by atoms with Gasteiger partial charge in [0.05, 0.1) is 5.52 Å². The SMILES string of the molecule is Cc1cc(C(=O)COC(=O)Cn2c(=O)oc3ccccc32)c(C)n1C. The topological polar surface area (TPSA) is 83.4 Å². The van der Waals surface area contributed by atoms with Crippen molar-refractivity contribution < 1.29 is 18.7 Å². The summed E-state index contributed by atoms with van der Waals surface area (Å²) in [6, 6.07) is 8.55. The second-order valence-electron chi connectivity index (χ2n) is 5.85. The molecule has 0 saturated heterocycles. The van der Waals surface area contributed by atoms with Crippen LogP contribution < -0.4 is 5.76 Å². The lowest BCUT2D eigenvalue weighted by Gasteiger charge is -2.05. The van der Waals surface area contributed by atoms with Gasteiger partial charge in [-0.3, -0.25) is 14.2 Å². The van der Waals surface area contributed by atoms with Gasteiger partial charge in [-0.25, -0.2) is 4.79 Å². The summed E-state index contributed by atoms with van der Waals surface area (Å²) in [6.07, 6.45) is 0. The first-order valence-electron chi connectivity index (χ1n) is 7.78. The zero-order chi connectivity index (χ0) is 18.1. The Kier molecular flexibility index (Phi) is 4.31. The van der Waals surface area contributed by atoms with Crippen LogP contribution in [0.4, 0.5) is 0 Å². The second-order valence-corrected chi connectivity index (χ2v) is 5.85. The number of para-hydroxylation sites is 2. The zero-order valence-electron chi connectivity index (χ0n) is 14.2. The Morgan fingerprint density at radius 2 is 1.92 bits per heavy atom. The van der Waals surface area contributed by atoms with Crippen LogP contribution in [0.15, 0.2) is 39.5 Å². The van der Waals surface area contributed by atoms with Crippen molar-refractivity contribution in [3.05, 3.63) is 57.8 Å². The number of ether oxygens (including phenoxy) is 1. The number of oxazole rings is 1. The number of carbonyl (C=O) groups is 2. The Bertz CT molecular complexity index is 1020. The molecule has 0 fully saturated rings. The van der Waals surface area contributed by atoms with Gasteiger partial charge in [-0.2, -0.15) is 0 Å². The maximum Gasteiger partial charge on any atom is 0.420 e. The third-order valence-corrected chi connectivity index (χ3v) is 4.30. The molecule has 0 amide bonds. The fraction of sp³-hybridized carbons (Fsp3) is 0.278. The Balaban J connectivity index is 1.68. The van der Waals surface area contributed by atoms with E-state index in [1.54, 1.807) is 30.3 Å². The molecule has 7 nitrogen and oxygen atoms in total. The fourth-order valence-corrected chi connectivity index (χ4v) is 2.70. The van der Waals surface area contributed by atoms with Gasteiger partial charge in [0.2, 0.25) is 5.78 Å². The number of aromatic nitrogens is 2. The van der Waals surface area contributed by atoms with Gasteiger partial charge in [0.15, 0.2) is 12.2 Å². The largest absolute Gasteiger partial charge is 0.456 e. The molecule has 0 aliphatic rings. The lowest BCUT2D eigenvalue weighted by atomic mass is 10.1. The second kappa shape index (κ2) is 6.43. The van der Waals surface area contributed by atoms with Gasteiger partial charge in [0.1, 0.15) is 6.54 Å². The normalized spacial score (nSPS) is 11.0. The highest BCUT2D eigenvalue weighted by Gasteiger charge is 2.17. The summed E-state index contributed by atoms with van der Waals surface area (Å²) < 4.78 is 13.2. The Morgan fingerprint density at radius 1 is 1.20 bits per heavy atom. The van der Waals surface area contributed by atoms with E-state index in [4.69, 9.17) is 9.15 Å². The van der Waals surface area contributed by atoms with E-state index < -0.39 is 11.7 Å². The first kappa shape index (κ1) is 16.8. The van der Waals surface area contributed by atoms with Gasteiger partial charge < -0.3 is 13.7 Å². The molecule has 3 rings (SSSR count). The van der Waals surface area contributed by atoms with Gasteiger partial charge in [0.25, 0.3) is 0 Å². The number of hydrogen-bond acceptors (Lipinski definition) is 5. The van der Waals surface area contributed by atoms with Gasteiger partial charge in [-0.15, -0.1) is 0 Å². The minimum Gasteiger partial charge on any atom is -0.456 e. The van der Waals surface area contributed by atoms with Gasteiger partial charge >= 0.3 is 11.7 Å². The molecular weight excluding hydrogens is 324 g/mol. The number of rotatable bonds is 5. The highest BCUT2D eigenvalue weighted by Crippen LogP contribution is 2.14. The first-order valence-corrected chi connectivity index (χ1v) is 7.78. The molecule has 0 aliphatic heterocycles. The highest BCUT2D eigenvalue weighted by molar-refractivity contribution is 5.99. The van der Waals surface area contributed by atoms with E-state index in [1.807, 2.05) is 25.5 Å². The number of aryl methyl sites for hydroxylation is 1. The Labute approximate surface area is 143 Å². The van der Waals surface area contributed by atoms with Crippen LogP contribution in [-0.2, 0) is 23.1 Å². The van der Waals surface area contributed by atoms with E-state index in [1.165, 1.54) is 4.57 Å². The van der Waals surface area contributed by atoms with Crippen molar-refractivity contribution in [2.75, 3.05) is 6.61 Å². The van der Waals surface area contributed by atoms with E-state index >= 15 is 0 Å². The van der Waals surface area contributed by atoms with Gasteiger partial charge in [0, 0.05) is 24.0 Å². The van der Waals surface area contributed by atoms with E-state index in [2.05, 4.69) is 0 Å². The van der Waals surface area contributed by atoms with E-state index in [0.717, 1.165) is 11.4 Å². The van der Waals surface area contributed by atoms with Crippen LogP contribution >= 0.6 is 0 Å². The van der Waals surface area contributed by atoms with Crippen LogP contribution in [0.25, 0.3) is 11.1 Å². The summed E-state index contributed by atoms with van der Waals surface area (Å²) in [5, 5.41) is 0. The summed E-state index contributed by atoms with van der Waals surface area (Å²) >= 11 is 0. The number of carbonyl (C=O) groups excluding carboxylic acids is 2. The molecule has 0 unspecified atom stereocenters. The van der Waals surface area contributed by atoms with Crippen molar-refractivity contribution in [2.24, 2.45) is 7.05 Å². The molecule has 7 heteroatoms. The predicted octanol–water partition coefficient (Wildman–Crippen LogP) is 1.98. The van der Waals surface area contributed by atoms with Crippen molar-refractivity contribution in [2.45, 2.75) is 20.4 Å². The summed E-state index contributed by atoms with van der Waals surface area (Å²) in [5.41, 5.74) is 3.19. The predicted molar refractivity (Wildman–Crippen MR) is 90.7 cm³/mol. The number of nitrogens with zero attached hydrogens (tertiary/aromatic N) is 2. The Hall–Kier alpha value is -3.09. The van der Waals surface area contributed by atoms with Crippen LogP contribution in [0.3, 0.4) is 0 Å². The lowest BCUT2D eigenvalue weighted by molar-refractivity contribution is -0.143. The average Bonchev–Trinajstić information content (AvgIpc) is 3.04. The quantitative estimate of drug-likeness (QED) is 0.523. The maximum absolute atomic E-state index is 12.2. The van der Waals surface area contributed by atoms with Gasteiger partial charge in [-0.05, 0) is 32.0 Å². The molecule has 1 aromatic carbocycles. The van der Waals surface area contributed by atoms with Crippen LogP contribution in [0.5, 0.6) is 0 Å².